The summed E-state index contributed by atoms with van der Waals surface area (Å²) >= 11 is 6.42. The maximum absolute atomic E-state index is 14.0. The SMILES string of the molecule is Cc1ccc(S(=O)(=O)N2c3ccc(Cl)cc3C(O[Si](C)(C)C)(C3CCCCC3)C2C(=O)O)cc1. The number of benzene rings is 2. The van der Waals surface area contributed by atoms with Gasteiger partial charge >= 0.3 is 5.97 Å². The number of carboxylic acid groups (broad SMARTS) is 1. The van der Waals surface area contributed by atoms with Crippen LogP contribution in [0.4, 0.5) is 5.69 Å². The smallest absolute Gasteiger partial charge is 0.330 e. The summed E-state index contributed by atoms with van der Waals surface area (Å²) in [7, 11) is -6.55. The molecule has 1 fully saturated rings. The average molecular weight is 522 g/mol. The van der Waals surface area contributed by atoms with Crippen LogP contribution in [0.3, 0.4) is 0 Å². The number of rotatable bonds is 6. The van der Waals surface area contributed by atoms with E-state index >= 15 is 0 Å². The van der Waals surface area contributed by atoms with Crippen molar-refractivity contribution < 1.29 is 22.7 Å². The molecule has 1 aliphatic heterocycles. The first-order chi connectivity index (χ1) is 15.9. The van der Waals surface area contributed by atoms with E-state index in [0.717, 1.165) is 42.0 Å². The summed E-state index contributed by atoms with van der Waals surface area (Å²) in [6.45, 7) is 7.91. The van der Waals surface area contributed by atoms with Gasteiger partial charge in [0.05, 0.1) is 10.6 Å². The number of aliphatic carboxylic acids is 1. The van der Waals surface area contributed by atoms with Crippen molar-refractivity contribution in [1.82, 2.24) is 0 Å². The Morgan fingerprint density at radius 3 is 2.26 bits per heavy atom. The summed E-state index contributed by atoms with van der Waals surface area (Å²) in [5, 5.41) is 11.1. The molecule has 2 aromatic rings. The van der Waals surface area contributed by atoms with Gasteiger partial charge in [-0.25, -0.2) is 17.5 Å². The van der Waals surface area contributed by atoms with Crippen LogP contribution in [0.15, 0.2) is 47.4 Å². The number of sulfonamides is 1. The lowest BCUT2D eigenvalue weighted by atomic mass is 9.71. The molecule has 2 unspecified atom stereocenters. The van der Waals surface area contributed by atoms with Crippen molar-refractivity contribution in [1.29, 1.82) is 0 Å². The van der Waals surface area contributed by atoms with Crippen molar-refractivity contribution in [3.05, 3.63) is 58.6 Å². The fourth-order valence-corrected chi connectivity index (χ4v) is 8.75. The first-order valence-electron chi connectivity index (χ1n) is 11.7. The second kappa shape index (κ2) is 8.97. The lowest BCUT2D eigenvalue weighted by Gasteiger charge is -2.47. The highest BCUT2D eigenvalue weighted by atomic mass is 35.5. The van der Waals surface area contributed by atoms with Gasteiger partial charge in [0.15, 0.2) is 14.4 Å². The first kappa shape index (κ1) is 25.2. The van der Waals surface area contributed by atoms with Gasteiger partial charge in [-0.15, -0.1) is 0 Å². The van der Waals surface area contributed by atoms with Gasteiger partial charge in [-0.05, 0) is 75.7 Å². The van der Waals surface area contributed by atoms with E-state index in [2.05, 4.69) is 0 Å². The van der Waals surface area contributed by atoms with Gasteiger partial charge in [0, 0.05) is 10.6 Å². The quantitative estimate of drug-likeness (QED) is 0.476. The normalized spacial score (nSPS) is 23.7. The predicted molar refractivity (Wildman–Crippen MR) is 136 cm³/mol. The van der Waals surface area contributed by atoms with Crippen LogP contribution in [0.1, 0.15) is 43.2 Å². The third-order valence-electron chi connectivity index (χ3n) is 6.76. The molecule has 2 aliphatic rings. The second-order valence-corrected chi connectivity index (χ2v) is 17.0. The van der Waals surface area contributed by atoms with Gasteiger partial charge in [0.2, 0.25) is 0 Å². The molecule has 2 aromatic carbocycles. The number of nitrogens with zero attached hydrogens (tertiary/aromatic N) is 1. The van der Waals surface area contributed by atoms with Gasteiger partial charge in [-0.1, -0.05) is 48.6 Å². The maximum atomic E-state index is 14.0. The molecule has 0 bridgehead atoms. The van der Waals surface area contributed by atoms with Crippen LogP contribution in [-0.4, -0.2) is 33.9 Å². The number of hydrogen-bond donors (Lipinski definition) is 1. The van der Waals surface area contributed by atoms with Crippen molar-refractivity contribution in [2.24, 2.45) is 5.92 Å². The van der Waals surface area contributed by atoms with Crippen LogP contribution >= 0.6 is 11.6 Å². The molecule has 0 spiro atoms. The lowest BCUT2D eigenvalue weighted by molar-refractivity contribution is -0.147. The first-order valence-corrected chi connectivity index (χ1v) is 16.9. The van der Waals surface area contributed by atoms with Crippen molar-refractivity contribution in [2.45, 2.75) is 75.2 Å². The Kier molecular flexibility index (Phi) is 6.65. The maximum Gasteiger partial charge on any atom is 0.330 e. The van der Waals surface area contributed by atoms with Crippen LogP contribution in [0, 0.1) is 12.8 Å². The van der Waals surface area contributed by atoms with Crippen molar-refractivity contribution in [3.63, 3.8) is 0 Å². The van der Waals surface area contributed by atoms with Crippen molar-refractivity contribution in [2.75, 3.05) is 4.31 Å². The summed E-state index contributed by atoms with van der Waals surface area (Å²) in [5.74, 6) is -1.35. The minimum absolute atomic E-state index is 0.0534. The lowest BCUT2D eigenvalue weighted by Crippen LogP contribution is -2.59. The highest BCUT2D eigenvalue weighted by Crippen LogP contribution is 2.57. The van der Waals surface area contributed by atoms with Crippen LogP contribution < -0.4 is 4.31 Å². The van der Waals surface area contributed by atoms with Crippen LogP contribution in [0.5, 0.6) is 0 Å². The summed E-state index contributed by atoms with van der Waals surface area (Å²) in [4.78, 5) is 13.1. The minimum Gasteiger partial charge on any atom is -0.480 e. The van der Waals surface area contributed by atoms with Gasteiger partial charge in [-0.2, -0.15) is 0 Å². The number of hydrogen-bond acceptors (Lipinski definition) is 4. The fraction of sp³-hybridized carbons (Fsp3) is 0.480. The van der Waals surface area contributed by atoms with E-state index < -0.39 is 36.0 Å². The molecule has 34 heavy (non-hydrogen) atoms. The fourth-order valence-electron chi connectivity index (χ4n) is 5.53. The molecule has 0 aromatic heterocycles. The average Bonchev–Trinajstić information content (AvgIpc) is 3.04. The third-order valence-corrected chi connectivity index (χ3v) is 9.73. The van der Waals surface area contributed by atoms with Crippen molar-refractivity contribution >= 4 is 41.6 Å². The molecule has 1 saturated carbocycles. The van der Waals surface area contributed by atoms with E-state index in [1.165, 1.54) is 12.1 Å². The number of fused-ring (bicyclic) bond motifs is 1. The zero-order chi connectivity index (χ0) is 24.9. The Hall–Kier alpha value is -1.87. The Bertz CT molecular complexity index is 1190. The zero-order valence-corrected chi connectivity index (χ0v) is 22.6. The van der Waals surface area contributed by atoms with E-state index in [9.17, 15) is 18.3 Å². The van der Waals surface area contributed by atoms with Crippen LogP contribution in [-0.2, 0) is 24.8 Å². The third kappa shape index (κ3) is 4.30. The van der Waals surface area contributed by atoms with E-state index in [-0.39, 0.29) is 10.8 Å². The van der Waals surface area contributed by atoms with Crippen LogP contribution in [0.25, 0.3) is 0 Å². The Morgan fingerprint density at radius 1 is 1.09 bits per heavy atom. The molecule has 0 amide bonds. The minimum atomic E-state index is -4.20. The van der Waals surface area contributed by atoms with Gasteiger partial charge < -0.3 is 9.53 Å². The molecule has 1 heterocycles. The molecule has 1 N–H and O–H groups in total. The number of halogens is 1. The molecule has 2 atom stereocenters. The Balaban J connectivity index is 2.03. The van der Waals surface area contributed by atoms with E-state index in [1.807, 2.05) is 26.6 Å². The highest BCUT2D eigenvalue weighted by Gasteiger charge is 2.63. The summed E-state index contributed by atoms with van der Waals surface area (Å²) < 4.78 is 36.0. The molecule has 6 nitrogen and oxygen atoms in total. The van der Waals surface area contributed by atoms with Gasteiger partial charge in [-0.3, -0.25) is 0 Å². The zero-order valence-electron chi connectivity index (χ0n) is 20.0. The van der Waals surface area contributed by atoms with E-state index in [0.29, 0.717) is 16.3 Å². The van der Waals surface area contributed by atoms with E-state index in [4.69, 9.17) is 16.0 Å². The Morgan fingerprint density at radius 2 is 1.71 bits per heavy atom. The van der Waals surface area contributed by atoms with Gasteiger partial charge in [0.25, 0.3) is 10.0 Å². The number of carboxylic acids is 1. The standard InChI is InChI=1S/C25H32ClNO5SSi/c1-17-10-13-20(14-11-17)33(30,31)27-22-15-12-19(26)16-21(22)25(23(27)24(28)29,32-34(2,3)4)18-8-6-5-7-9-18/h10-16,18,23H,5-9H2,1-4H3,(H,28,29). The number of carbonyl (C=O) groups is 1. The molecule has 4 rings (SSSR count). The second-order valence-electron chi connectivity index (χ2n) is 10.4. The number of aryl methyl sites for hydroxylation is 1. The van der Waals surface area contributed by atoms with Crippen molar-refractivity contribution in [3.8, 4) is 0 Å². The Labute approximate surface area is 208 Å². The summed E-state index contributed by atoms with van der Waals surface area (Å²) in [6.07, 6.45) is 4.53. The molecule has 1 aliphatic carbocycles. The molecule has 184 valence electrons. The molecular weight excluding hydrogens is 490 g/mol. The molecule has 0 radical (unpaired) electrons. The molecule has 9 heteroatoms. The highest BCUT2D eigenvalue weighted by molar-refractivity contribution is 7.93. The van der Waals surface area contributed by atoms with E-state index in [1.54, 1.807) is 30.3 Å². The van der Waals surface area contributed by atoms with Crippen LogP contribution in [0.2, 0.25) is 24.7 Å². The molecular formula is C25H32ClNO5SSi. The largest absolute Gasteiger partial charge is 0.480 e. The molecule has 0 saturated heterocycles. The van der Waals surface area contributed by atoms with Gasteiger partial charge in [0.1, 0.15) is 5.60 Å². The topological polar surface area (TPSA) is 83.9 Å². The predicted octanol–water partition coefficient (Wildman–Crippen LogP) is 5.94. The summed E-state index contributed by atoms with van der Waals surface area (Å²) in [6, 6.07) is 10.0. The number of anilines is 1. The monoisotopic (exact) mass is 521 g/mol. The summed E-state index contributed by atoms with van der Waals surface area (Å²) in [5.41, 5.74) is 0.508.